The summed E-state index contributed by atoms with van der Waals surface area (Å²) in [6.45, 7) is 5.07. The van der Waals surface area contributed by atoms with E-state index in [9.17, 15) is 19.5 Å². The van der Waals surface area contributed by atoms with E-state index in [0.29, 0.717) is 12.8 Å². The lowest BCUT2D eigenvalue weighted by molar-refractivity contribution is -0.155. The molecule has 94 valence electrons. The van der Waals surface area contributed by atoms with E-state index >= 15 is 0 Å². The average Bonchev–Trinajstić information content (AvgIpc) is 2.59. The Kier molecular flexibility index (Phi) is 2.09. The van der Waals surface area contributed by atoms with Crippen molar-refractivity contribution >= 4 is 17.9 Å². The number of amides is 3. The number of carbonyl (C=O) groups is 3. The zero-order valence-electron chi connectivity index (χ0n) is 10.1. The first-order valence-electron chi connectivity index (χ1n) is 5.54. The summed E-state index contributed by atoms with van der Waals surface area (Å²) < 4.78 is 0. The monoisotopic (exact) mass is 240 g/mol. The second-order valence-electron chi connectivity index (χ2n) is 5.58. The van der Waals surface area contributed by atoms with E-state index in [1.54, 1.807) is 20.8 Å². The van der Waals surface area contributed by atoms with Crippen molar-refractivity contribution < 1.29 is 19.5 Å². The number of carboxylic acids is 1. The van der Waals surface area contributed by atoms with E-state index in [2.05, 4.69) is 10.6 Å². The van der Waals surface area contributed by atoms with Crippen molar-refractivity contribution in [2.45, 2.75) is 39.2 Å². The first kappa shape index (κ1) is 11.9. The Morgan fingerprint density at radius 2 is 1.82 bits per heavy atom. The van der Waals surface area contributed by atoms with Crippen LogP contribution in [0.4, 0.5) is 4.79 Å². The van der Waals surface area contributed by atoms with Gasteiger partial charge in [-0.15, -0.1) is 0 Å². The Morgan fingerprint density at radius 3 is 2.18 bits per heavy atom. The van der Waals surface area contributed by atoms with E-state index in [1.807, 2.05) is 0 Å². The van der Waals surface area contributed by atoms with Crippen LogP contribution in [0.5, 0.6) is 0 Å². The molecule has 2 unspecified atom stereocenters. The lowest BCUT2D eigenvalue weighted by atomic mass is 9.62. The minimum atomic E-state index is -1.10. The molecule has 0 aromatic rings. The van der Waals surface area contributed by atoms with Crippen molar-refractivity contribution in [1.29, 1.82) is 0 Å². The highest BCUT2D eigenvalue weighted by atomic mass is 16.4. The van der Waals surface area contributed by atoms with Gasteiger partial charge in [-0.3, -0.25) is 14.9 Å². The minimum Gasteiger partial charge on any atom is -0.481 e. The maximum Gasteiger partial charge on any atom is 0.322 e. The van der Waals surface area contributed by atoms with Gasteiger partial charge in [-0.05, 0) is 19.8 Å². The molecule has 2 fully saturated rings. The molecular formula is C11H16N2O4. The average molecular weight is 240 g/mol. The van der Waals surface area contributed by atoms with E-state index in [1.165, 1.54) is 0 Å². The summed E-state index contributed by atoms with van der Waals surface area (Å²) in [6, 6.07) is -0.544. The van der Waals surface area contributed by atoms with Gasteiger partial charge in [0.1, 0.15) is 5.54 Å². The second-order valence-corrected chi connectivity index (χ2v) is 5.58. The number of imide groups is 1. The van der Waals surface area contributed by atoms with Gasteiger partial charge in [-0.25, -0.2) is 4.79 Å². The second kappa shape index (κ2) is 3.00. The molecule has 1 heterocycles. The van der Waals surface area contributed by atoms with E-state index < -0.39 is 34.3 Å². The molecule has 2 aliphatic rings. The molecule has 17 heavy (non-hydrogen) atoms. The first-order valence-corrected chi connectivity index (χ1v) is 5.54. The van der Waals surface area contributed by atoms with Gasteiger partial charge < -0.3 is 10.4 Å². The van der Waals surface area contributed by atoms with Crippen LogP contribution in [0.2, 0.25) is 0 Å². The number of carboxylic acid groups (broad SMARTS) is 1. The van der Waals surface area contributed by atoms with Crippen molar-refractivity contribution in [1.82, 2.24) is 10.6 Å². The molecule has 1 saturated carbocycles. The number of rotatable bonds is 1. The van der Waals surface area contributed by atoms with Crippen LogP contribution >= 0.6 is 0 Å². The Hall–Kier alpha value is -1.59. The lowest BCUT2D eigenvalue weighted by Gasteiger charge is -2.42. The standard InChI is InChI=1S/C11H16N2O4/c1-9(2)10(3,7(15)16)4-5-11(9)6(14)12-8(17)13-11/h4-5H2,1-3H3,(H,15,16)(H2,12,13,14,17). The summed E-state index contributed by atoms with van der Waals surface area (Å²) in [4.78, 5) is 34.7. The van der Waals surface area contributed by atoms with E-state index in [4.69, 9.17) is 0 Å². The molecule has 2 rings (SSSR count). The molecule has 1 spiro atoms. The Balaban J connectivity index is 2.52. The lowest BCUT2D eigenvalue weighted by Crippen LogP contribution is -2.59. The highest BCUT2D eigenvalue weighted by Crippen LogP contribution is 2.58. The number of hydrogen-bond donors (Lipinski definition) is 3. The molecular weight excluding hydrogens is 224 g/mol. The minimum absolute atomic E-state index is 0.348. The third-order valence-electron chi connectivity index (χ3n) is 4.86. The molecule has 1 aliphatic heterocycles. The third kappa shape index (κ3) is 1.13. The molecule has 0 radical (unpaired) electrons. The van der Waals surface area contributed by atoms with Crippen LogP contribution in [0.25, 0.3) is 0 Å². The van der Waals surface area contributed by atoms with Gasteiger partial charge in [0.2, 0.25) is 0 Å². The number of nitrogens with one attached hydrogen (secondary N) is 2. The van der Waals surface area contributed by atoms with Crippen LogP contribution in [-0.4, -0.2) is 28.6 Å². The molecule has 3 N–H and O–H groups in total. The van der Waals surface area contributed by atoms with Crippen LogP contribution < -0.4 is 10.6 Å². The van der Waals surface area contributed by atoms with E-state index in [0.717, 1.165) is 0 Å². The quantitative estimate of drug-likeness (QED) is 0.581. The van der Waals surface area contributed by atoms with Crippen molar-refractivity contribution in [2.24, 2.45) is 10.8 Å². The number of urea groups is 1. The fourth-order valence-electron chi connectivity index (χ4n) is 3.02. The van der Waals surface area contributed by atoms with Crippen molar-refractivity contribution in [3.63, 3.8) is 0 Å². The molecule has 0 bridgehead atoms. The van der Waals surface area contributed by atoms with Gasteiger partial charge in [-0.2, -0.15) is 0 Å². The van der Waals surface area contributed by atoms with Gasteiger partial charge in [0.25, 0.3) is 5.91 Å². The van der Waals surface area contributed by atoms with Crippen molar-refractivity contribution in [3.8, 4) is 0 Å². The smallest absolute Gasteiger partial charge is 0.322 e. The predicted octanol–water partition coefficient (Wildman–Crippen LogP) is 0.475. The molecule has 6 heteroatoms. The van der Waals surface area contributed by atoms with Gasteiger partial charge in [0.05, 0.1) is 5.41 Å². The summed E-state index contributed by atoms with van der Waals surface area (Å²) >= 11 is 0. The van der Waals surface area contributed by atoms with Crippen LogP contribution in [-0.2, 0) is 9.59 Å². The summed E-state index contributed by atoms with van der Waals surface area (Å²) in [7, 11) is 0. The molecule has 0 aromatic heterocycles. The summed E-state index contributed by atoms with van der Waals surface area (Å²) in [5.74, 6) is -1.36. The predicted molar refractivity (Wildman–Crippen MR) is 58.2 cm³/mol. The maximum absolute atomic E-state index is 11.9. The fraction of sp³-hybridized carbons (Fsp3) is 0.727. The fourth-order valence-corrected chi connectivity index (χ4v) is 3.02. The SMILES string of the molecule is CC1(C(=O)O)CCC2(NC(=O)NC2=O)C1(C)C. The Morgan fingerprint density at radius 1 is 1.24 bits per heavy atom. The number of aliphatic carboxylic acids is 1. The normalized spacial score (nSPS) is 39.2. The zero-order chi connectivity index (χ0) is 13.1. The molecule has 6 nitrogen and oxygen atoms in total. The van der Waals surface area contributed by atoms with Crippen LogP contribution in [0, 0.1) is 10.8 Å². The Bertz CT molecular complexity index is 431. The Labute approximate surface area is 98.8 Å². The van der Waals surface area contributed by atoms with Crippen molar-refractivity contribution in [3.05, 3.63) is 0 Å². The molecule has 1 saturated heterocycles. The molecule has 1 aliphatic carbocycles. The number of carbonyl (C=O) groups excluding carboxylic acids is 2. The topological polar surface area (TPSA) is 95.5 Å². The number of hydrogen-bond acceptors (Lipinski definition) is 3. The van der Waals surface area contributed by atoms with Gasteiger partial charge in [-0.1, -0.05) is 13.8 Å². The highest BCUT2D eigenvalue weighted by Gasteiger charge is 2.69. The van der Waals surface area contributed by atoms with Crippen LogP contribution in [0.15, 0.2) is 0 Å². The third-order valence-corrected chi connectivity index (χ3v) is 4.86. The first-order chi connectivity index (χ1) is 7.67. The summed E-state index contributed by atoms with van der Waals surface area (Å²) in [5, 5.41) is 14.2. The maximum atomic E-state index is 11.9. The van der Waals surface area contributed by atoms with Crippen LogP contribution in [0.1, 0.15) is 33.6 Å². The van der Waals surface area contributed by atoms with Crippen molar-refractivity contribution in [2.75, 3.05) is 0 Å². The highest BCUT2D eigenvalue weighted by molar-refractivity contribution is 6.08. The van der Waals surface area contributed by atoms with Gasteiger partial charge >= 0.3 is 12.0 Å². The van der Waals surface area contributed by atoms with Crippen LogP contribution in [0.3, 0.4) is 0 Å². The summed E-state index contributed by atoms with van der Waals surface area (Å²) in [5.41, 5.74) is -2.97. The van der Waals surface area contributed by atoms with Gasteiger partial charge in [0, 0.05) is 5.41 Å². The molecule has 0 aromatic carbocycles. The van der Waals surface area contributed by atoms with E-state index in [-0.39, 0.29) is 0 Å². The largest absolute Gasteiger partial charge is 0.481 e. The molecule has 2 atom stereocenters. The summed E-state index contributed by atoms with van der Waals surface area (Å²) in [6.07, 6.45) is 0.712. The van der Waals surface area contributed by atoms with Gasteiger partial charge in [0.15, 0.2) is 0 Å². The molecule has 3 amide bonds. The zero-order valence-corrected chi connectivity index (χ0v) is 10.1.